The van der Waals surface area contributed by atoms with Gasteiger partial charge in [0.05, 0.1) is 12.2 Å². The van der Waals surface area contributed by atoms with Gasteiger partial charge in [0.1, 0.15) is 5.56 Å². The second-order valence-electron chi connectivity index (χ2n) is 7.58. The Kier molecular flexibility index (Phi) is 5.86. The molecule has 32 heavy (non-hydrogen) atoms. The molecule has 1 aliphatic carbocycles. The van der Waals surface area contributed by atoms with Crippen LogP contribution in [0, 0.1) is 0 Å². The molecule has 1 saturated carbocycles. The average molecular weight is 443 g/mol. The first kappa shape index (κ1) is 21.8. The molecule has 0 saturated heterocycles. The van der Waals surface area contributed by atoms with Crippen LogP contribution in [0.15, 0.2) is 53.1 Å². The number of alkyl halides is 3. The normalized spacial score (nSPS) is 13.8. The number of ketones is 1. The van der Waals surface area contributed by atoms with Gasteiger partial charge in [-0.2, -0.15) is 13.2 Å². The summed E-state index contributed by atoms with van der Waals surface area (Å²) in [5.74, 6) is -0.978. The molecule has 5 nitrogen and oxygen atoms in total. The standard InChI is InChI=1S/C24H20F3NO4/c1-2-31-23(30)20-19(22(32-28-20)14-11-12-14)21(29)17-9-5-3-7-15(17)13-16-8-4-6-10-18(16)24(25,26)27/h3-10,14H,2,11-13H2,1H3. The molecule has 0 N–H and O–H groups in total. The SMILES string of the molecule is CCOC(=O)c1noc(C2CC2)c1C(=O)c1ccccc1Cc1ccccc1C(F)(F)F. The Hall–Kier alpha value is -3.42. The summed E-state index contributed by atoms with van der Waals surface area (Å²) in [4.78, 5) is 25.9. The number of benzene rings is 2. The Morgan fingerprint density at radius 1 is 1.06 bits per heavy atom. The van der Waals surface area contributed by atoms with Gasteiger partial charge in [0.25, 0.3) is 0 Å². The fourth-order valence-corrected chi connectivity index (χ4v) is 3.67. The number of carbonyl (C=O) groups is 2. The van der Waals surface area contributed by atoms with Crippen molar-refractivity contribution in [2.24, 2.45) is 0 Å². The van der Waals surface area contributed by atoms with Crippen LogP contribution in [-0.2, 0) is 17.3 Å². The van der Waals surface area contributed by atoms with Crippen molar-refractivity contribution in [2.75, 3.05) is 6.61 Å². The molecule has 0 radical (unpaired) electrons. The fraction of sp³-hybridized carbons (Fsp3) is 0.292. The van der Waals surface area contributed by atoms with Crippen LogP contribution in [0.2, 0.25) is 0 Å². The molecule has 0 bridgehead atoms. The monoisotopic (exact) mass is 443 g/mol. The highest BCUT2D eigenvalue weighted by molar-refractivity contribution is 6.15. The summed E-state index contributed by atoms with van der Waals surface area (Å²) in [7, 11) is 0. The lowest BCUT2D eigenvalue weighted by Gasteiger charge is -2.14. The fourth-order valence-electron chi connectivity index (χ4n) is 3.67. The summed E-state index contributed by atoms with van der Waals surface area (Å²) in [5, 5.41) is 3.78. The van der Waals surface area contributed by atoms with Crippen LogP contribution in [-0.4, -0.2) is 23.5 Å². The molecule has 0 unspecified atom stereocenters. The predicted molar refractivity (Wildman–Crippen MR) is 109 cm³/mol. The smallest absolute Gasteiger partial charge is 0.416 e. The molecule has 1 aliphatic rings. The van der Waals surface area contributed by atoms with Crippen molar-refractivity contribution >= 4 is 11.8 Å². The van der Waals surface area contributed by atoms with Crippen LogP contribution in [0.25, 0.3) is 0 Å². The number of carbonyl (C=O) groups excluding carboxylic acids is 2. The number of ether oxygens (including phenoxy) is 1. The minimum Gasteiger partial charge on any atom is -0.461 e. The predicted octanol–water partition coefficient (Wildman–Crippen LogP) is 5.57. The number of halogens is 3. The molecule has 0 amide bonds. The van der Waals surface area contributed by atoms with E-state index in [4.69, 9.17) is 9.26 Å². The van der Waals surface area contributed by atoms with Crippen LogP contribution >= 0.6 is 0 Å². The number of hydrogen-bond donors (Lipinski definition) is 0. The summed E-state index contributed by atoms with van der Waals surface area (Å²) >= 11 is 0. The molecular formula is C24H20F3NO4. The molecule has 2 aromatic carbocycles. The molecule has 0 atom stereocenters. The zero-order valence-electron chi connectivity index (χ0n) is 17.2. The van der Waals surface area contributed by atoms with Gasteiger partial charge >= 0.3 is 12.1 Å². The first-order valence-electron chi connectivity index (χ1n) is 10.3. The number of hydrogen-bond acceptors (Lipinski definition) is 5. The third kappa shape index (κ3) is 4.30. The van der Waals surface area contributed by atoms with Crippen LogP contribution < -0.4 is 0 Å². The number of esters is 1. The van der Waals surface area contributed by atoms with Crippen molar-refractivity contribution in [1.29, 1.82) is 0 Å². The van der Waals surface area contributed by atoms with Crippen LogP contribution in [0.1, 0.15) is 74.5 Å². The summed E-state index contributed by atoms with van der Waals surface area (Å²) in [6.07, 6.45) is -3.01. The molecule has 166 valence electrons. The van der Waals surface area contributed by atoms with Crippen molar-refractivity contribution in [1.82, 2.24) is 5.16 Å². The van der Waals surface area contributed by atoms with Crippen molar-refractivity contribution in [3.8, 4) is 0 Å². The highest BCUT2D eigenvalue weighted by atomic mass is 19.4. The van der Waals surface area contributed by atoms with Gasteiger partial charge in [-0.3, -0.25) is 4.79 Å². The Morgan fingerprint density at radius 2 is 1.72 bits per heavy atom. The van der Waals surface area contributed by atoms with Gasteiger partial charge in [0.2, 0.25) is 5.69 Å². The van der Waals surface area contributed by atoms with Gasteiger partial charge in [-0.1, -0.05) is 47.6 Å². The van der Waals surface area contributed by atoms with Crippen LogP contribution in [0.4, 0.5) is 13.2 Å². The van der Waals surface area contributed by atoms with E-state index >= 15 is 0 Å². The van der Waals surface area contributed by atoms with Crippen molar-refractivity contribution < 1.29 is 32.0 Å². The third-order valence-electron chi connectivity index (χ3n) is 5.33. The molecule has 1 heterocycles. The molecule has 3 aromatic rings. The molecule has 0 spiro atoms. The lowest BCUT2D eigenvalue weighted by atomic mass is 9.91. The van der Waals surface area contributed by atoms with Gasteiger partial charge in [-0.15, -0.1) is 0 Å². The Labute approximate surface area is 182 Å². The second-order valence-corrected chi connectivity index (χ2v) is 7.58. The van der Waals surface area contributed by atoms with E-state index in [2.05, 4.69) is 5.16 Å². The maximum atomic E-state index is 13.6. The summed E-state index contributed by atoms with van der Waals surface area (Å²) in [6.45, 7) is 1.73. The zero-order chi connectivity index (χ0) is 22.9. The Bertz CT molecular complexity index is 1160. The van der Waals surface area contributed by atoms with Crippen molar-refractivity contribution in [3.05, 3.63) is 87.8 Å². The maximum Gasteiger partial charge on any atom is 0.416 e. The lowest BCUT2D eigenvalue weighted by molar-refractivity contribution is -0.138. The first-order valence-corrected chi connectivity index (χ1v) is 10.3. The van der Waals surface area contributed by atoms with Gasteiger partial charge in [-0.05, 0) is 43.4 Å². The highest BCUT2D eigenvalue weighted by Crippen LogP contribution is 2.43. The highest BCUT2D eigenvalue weighted by Gasteiger charge is 2.38. The minimum atomic E-state index is -4.51. The van der Waals surface area contributed by atoms with Gasteiger partial charge in [0, 0.05) is 11.5 Å². The topological polar surface area (TPSA) is 69.4 Å². The van der Waals surface area contributed by atoms with E-state index < -0.39 is 23.5 Å². The van der Waals surface area contributed by atoms with Gasteiger partial charge in [0.15, 0.2) is 11.5 Å². The van der Waals surface area contributed by atoms with Crippen LogP contribution in [0.3, 0.4) is 0 Å². The van der Waals surface area contributed by atoms with E-state index in [9.17, 15) is 22.8 Å². The molecule has 1 aromatic heterocycles. The number of aromatic nitrogens is 1. The zero-order valence-corrected chi connectivity index (χ0v) is 17.2. The van der Waals surface area contributed by atoms with E-state index in [1.165, 1.54) is 24.3 Å². The van der Waals surface area contributed by atoms with E-state index in [0.717, 1.165) is 18.9 Å². The van der Waals surface area contributed by atoms with Gasteiger partial charge < -0.3 is 9.26 Å². The van der Waals surface area contributed by atoms with E-state index in [-0.39, 0.29) is 41.3 Å². The summed E-state index contributed by atoms with van der Waals surface area (Å²) < 4.78 is 50.7. The maximum absolute atomic E-state index is 13.6. The average Bonchev–Trinajstić information content (AvgIpc) is 3.51. The molecular weight excluding hydrogens is 423 g/mol. The quantitative estimate of drug-likeness (QED) is 0.353. The molecule has 0 aliphatic heterocycles. The van der Waals surface area contributed by atoms with E-state index in [1.54, 1.807) is 25.1 Å². The Morgan fingerprint density at radius 3 is 2.38 bits per heavy atom. The second kappa shape index (κ2) is 8.61. The van der Waals surface area contributed by atoms with Gasteiger partial charge in [-0.25, -0.2) is 4.79 Å². The first-order chi connectivity index (χ1) is 15.3. The molecule has 4 rings (SSSR count). The lowest BCUT2D eigenvalue weighted by Crippen LogP contribution is -2.15. The largest absolute Gasteiger partial charge is 0.461 e. The molecule has 1 fully saturated rings. The van der Waals surface area contributed by atoms with E-state index in [0.29, 0.717) is 11.3 Å². The number of nitrogens with zero attached hydrogens (tertiary/aromatic N) is 1. The molecule has 8 heteroatoms. The summed E-state index contributed by atoms with van der Waals surface area (Å²) in [5.41, 5.74) is -0.268. The number of rotatable bonds is 7. The Balaban J connectivity index is 1.76. The van der Waals surface area contributed by atoms with Crippen molar-refractivity contribution in [2.45, 2.75) is 38.3 Å². The van der Waals surface area contributed by atoms with Crippen LogP contribution in [0.5, 0.6) is 0 Å². The summed E-state index contributed by atoms with van der Waals surface area (Å²) in [6, 6.07) is 11.7. The third-order valence-corrected chi connectivity index (χ3v) is 5.33. The van der Waals surface area contributed by atoms with E-state index in [1.807, 2.05) is 0 Å². The minimum absolute atomic E-state index is 0.0113. The van der Waals surface area contributed by atoms with Crippen molar-refractivity contribution in [3.63, 3.8) is 0 Å².